The van der Waals surface area contributed by atoms with E-state index in [4.69, 9.17) is 0 Å². The van der Waals surface area contributed by atoms with Crippen LogP contribution in [0.3, 0.4) is 0 Å². The Morgan fingerprint density at radius 2 is 1.62 bits per heavy atom. The molecule has 150 valence electrons. The number of carbonyl (C=O) groups is 3. The molecule has 1 aromatic heterocycles. The average Bonchev–Trinajstić information content (AvgIpc) is 3.14. The molecule has 0 aliphatic heterocycles. The first-order valence-corrected chi connectivity index (χ1v) is 9.56. The maximum atomic E-state index is 12.4. The van der Waals surface area contributed by atoms with Gasteiger partial charge in [0.1, 0.15) is 0 Å². The average molecular weight is 392 g/mol. The number of benzene rings is 2. The number of para-hydroxylation sites is 1. The molecule has 0 saturated carbocycles. The van der Waals surface area contributed by atoms with Crippen molar-refractivity contribution in [2.75, 3.05) is 18.4 Å². The van der Waals surface area contributed by atoms with E-state index in [1.165, 1.54) is 0 Å². The van der Waals surface area contributed by atoms with Crippen molar-refractivity contribution < 1.29 is 14.4 Å². The third-order valence-corrected chi connectivity index (χ3v) is 4.51. The number of nitrogens with one attached hydrogen (secondary N) is 4. The molecule has 0 atom stereocenters. The number of hydrogen-bond acceptors (Lipinski definition) is 3. The largest absolute Gasteiger partial charge is 0.361 e. The topological polar surface area (TPSA) is 103 Å². The highest BCUT2D eigenvalue weighted by Gasteiger charge is 2.10. The van der Waals surface area contributed by atoms with Crippen LogP contribution in [-0.2, 0) is 16.0 Å². The van der Waals surface area contributed by atoms with E-state index in [0.29, 0.717) is 30.8 Å². The molecule has 0 radical (unpaired) electrons. The highest BCUT2D eigenvalue weighted by molar-refractivity contribution is 5.97. The van der Waals surface area contributed by atoms with E-state index in [0.717, 1.165) is 16.5 Å². The zero-order valence-electron chi connectivity index (χ0n) is 16.2. The van der Waals surface area contributed by atoms with Crippen LogP contribution in [0.25, 0.3) is 10.9 Å². The lowest BCUT2D eigenvalue weighted by Gasteiger charge is -2.08. The maximum absolute atomic E-state index is 12.4. The molecule has 0 aliphatic rings. The fourth-order valence-corrected chi connectivity index (χ4v) is 2.97. The molecular formula is C22H24N4O3. The van der Waals surface area contributed by atoms with Crippen molar-refractivity contribution in [1.82, 2.24) is 15.6 Å². The van der Waals surface area contributed by atoms with Crippen LogP contribution < -0.4 is 16.0 Å². The van der Waals surface area contributed by atoms with Gasteiger partial charge in [-0.25, -0.2) is 0 Å². The lowest BCUT2D eigenvalue weighted by Crippen LogP contribution is -2.34. The van der Waals surface area contributed by atoms with Crippen molar-refractivity contribution in [2.45, 2.75) is 19.8 Å². The summed E-state index contributed by atoms with van der Waals surface area (Å²) in [4.78, 5) is 38.8. The first-order valence-electron chi connectivity index (χ1n) is 9.56. The summed E-state index contributed by atoms with van der Waals surface area (Å²) in [5.74, 6) is -0.405. The molecule has 3 aromatic rings. The van der Waals surface area contributed by atoms with Gasteiger partial charge in [0, 0.05) is 47.9 Å². The molecule has 0 unspecified atom stereocenters. The number of amides is 3. The molecule has 7 nitrogen and oxygen atoms in total. The number of aromatic nitrogens is 1. The number of H-pyrrole nitrogens is 1. The van der Waals surface area contributed by atoms with E-state index in [1.807, 2.05) is 30.5 Å². The monoisotopic (exact) mass is 392 g/mol. The molecule has 7 heteroatoms. The van der Waals surface area contributed by atoms with E-state index in [9.17, 15) is 14.4 Å². The molecule has 4 N–H and O–H groups in total. The van der Waals surface area contributed by atoms with Crippen LogP contribution in [0.5, 0.6) is 0 Å². The fraction of sp³-hybridized carbons (Fsp3) is 0.227. The van der Waals surface area contributed by atoms with Crippen LogP contribution in [0.4, 0.5) is 5.69 Å². The zero-order valence-corrected chi connectivity index (χ0v) is 16.2. The van der Waals surface area contributed by atoms with Gasteiger partial charge in [-0.1, -0.05) is 25.1 Å². The zero-order chi connectivity index (χ0) is 20.6. The van der Waals surface area contributed by atoms with Crippen LogP contribution in [0, 0.1) is 0 Å². The van der Waals surface area contributed by atoms with Gasteiger partial charge in [-0.3, -0.25) is 14.4 Å². The highest BCUT2D eigenvalue weighted by atomic mass is 16.2. The third kappa shape index (κ3) is 5.44. The second kappa shape index (κ2) is 9.54. The summed E-state index contributed by atoms with van der Waals surface area (Å²) in [6.07, 6.45) is 2.53. The van der Waals surface area contributed by atoms with E-state index in [2.05, 4.69) is 20.9 Å². The van der Waals surface area contributed by atoms with Crippen molar-refractivity contribution in [3.8, 4) is 0 Å². The van der Waals surface area contributed by atoms with Crippen molar-refractivity contribution in [2.24, 2.45) is 0 Å². The minimum absolute atomic E-state index is 0.0491. The van der Waals surface area contributed by atoms with E-state index < -0.39 is 0 Å². The Hall–Kier alpha value is -3.61. The van der Waals surface area contributed by atoms with Gasteiger partial charge in [-0.15, -0.1) is 0 Å². The lowest BCUT2D eigenvalue weighted by molar-refractivity contribution is -0.120. The van der Waals surface area contributed by atoms with Crippen molar-refractivity contribution in [3.05, 3.63) is 65.9 Å². The minimum Gasteiger partial charge on any atom is -0.361 e. The third-order valence-electron chi connectivity index (χ3n) is 4.51. The summed E-state index contributed by atoms with van der Waals surface area (Å²) in [5, 5.41) is 9.32. The van der Waals surface area contributed by atoms with E-state index >= 15 is 0 Å². The number of hydrogen-bond donors (Lipinski definition) is 4. The van der Waals surface area contributed by atoms with E-state index in [-0.39, 0.29) is 24.1 Å². The highest BCUT2D eigenvalue weighted by Crippen LogP contribution is 2.19. The van der Waals surface area contributed by atoms with Gasteiger partial charge in [0.2, 0.25) is 11.8 Å². The second-order valence-electron chi connectivity index (χ2n) is 6.62. The molecule has 2 aromatic carbocycles. The predicted octanol–water partition coefficient (Wildman–Crippen LogP) is 2.61. The number of aromatic amines is 1. The maximum Gasteiger partial charge on any atom is 0.251 e. The van der Waals surface area contributed by atoms with Crippen LogP contribution in [0.2, 0.25) is 0 Å². The Labute approximate surface area is 168 Å². The standard InChI is InChI=1S/C22H24N4O3/c1-2-20(27)23-11-12-24-22(29)15-7-9-17(10-8-15)26-21(28)13-16-14-25-19-6-4-3-5-18(16)19/h3-10,14,25H,2,11-13H2,1H3,(H,23,27)(H,24,29)(H,26,28). The SMILES string of the molecule is CCC(=O)NCCNC(=O)c1ccc(NC(=O)Cc2c[nH]c3ccccc23)cc1. The van der Waals surface area contributed by atoms with Gasteiger partial charge < -0.3 is 20.9 Å². The van der Waals surface area contributed by atoms with Gasteiger partial charge >= 0.3 is 0 Å². The quantitative estimate of drug-likeness (QED) is 0.443. The number of carbonyl (C=O) groups excluding carboxylic acids is 3. The summed E-state index contributed by atoms with van der Waals surface area (Å²) >= 11 is 0. The number of anilines is 1. The van der Waals surface area contributed by atoms with Crippen LogP contribution in [-0.4, -0.2) is 35.8 Å². The Morgan fingerprint density at radius 3 is 2.38 bits per heavy atom. The Bertz CT molecular complexity index is 1010. The molecule has 0 fully saturated rings. The van der Waals surface area contributed by atoms with Gasteiger partial charge in [0.15, 0.2) is 0 Å². The number of rotatable bonds is 8. The van der Waals surface area contributed by atoms with Gasteiger partial charge in [0.05, 0.1) is 6.42 Å². The number of fused-ring (bicyclic) bond motifs is 1. The second-order valence-corrected chi connectivity index (χ2v) is 6.62. The van der Waals surface area contributed by atoms with Crippen LogP contribution in [0.1, 0.15) is 29.3 Å². The normalized spacial score (nSPS) is 10.5. The molecule has 3 rings (SSSR count). The van der Waals surface area contributed by atoms with Crippen LogP contribution >= 0.6 is 0 Å². The molecule has 0 saturated heterocycles. The summed E-state index contributed by atoms with van der Waals surface area (Å²) in [7, 11) is 0. The molecular weight excluding hydrogens is 368 g/mol. The van der Waals surface area contributed by atoms with Crippen molar-refractivity contribution in [1.29, 1.82) is 0 Å². The molecule has 3 amide bonds. The smallest absolute Gasteiger partial charge is 0.251 e. The molecule has 0 aliphatic carbocycles. The molecule has 1 heterocycles. The first kappa shape index (κ1) is 20.1. The van der Waals surface area contributed by atoms with E-state index in [1.54, 1.807) is 31.2 Å². The summed E-state index contributed by atoms with van der Waals surface area (Å²) < 4.78 is 0. The van der Waals surface area contributed by atoms with Gasteiger partial charge in [0.25, 0.3) is 5.91 Å². The van der Waals surface area contributed by atoms with Crippen molar-refractivity contribution in [3.63, 3.8) is 0 Å². The van der Waals surface area contributed by atoms with Crippen molar-refractivity contribution >= 4 is 34.3 Å². The molecule has 0 bridgehead atoms. The summed E-state index contributed by atoms with van der Waals surface area (Å²) in [6, 6.07) is 14.5. The minimum atomic E-state index is -0.229. The first-order chi connectivity index (χ1) is 14.1. The van der Waals surface area contributed by atoms with Crippen LogP contribution in [0.15, 0.2) is 54.7 Å². The Kier molecular flexibility index (Phi) is 6.63. The Balaban J connectivity index is 1.50. The summed E-state index contributed by atoms with van der Waals surface area (Å²) in [6.45, 7) is 2.52. The molecule has 29 heavy (non-hydrogen) atoms. The predicted molar refractivity (Wildman–Crippen MR) is 113 cm³/mol. The van der Waals surface area contributed by atoms with Gasteiger partial charge in [-0.05, 0) is 35.9 Å². The fourth-order valence-electron chi connectivity index (χ4n) is 2.97. The Morgan fingerprint density at radius 1 is 0.897 bits per heavy atom. The van der Waals surface area contributed by atoms with Gasteiger partial charge in [-0.2, -0.15) is 0 Å². The molecule has 0 spiro atoms. The summed E-state index contributed by atoms with van der Waals surface area (Å²) in [5.41, 5.74) is 3.05. The lowest BCUT2D eigenvalue weighted by atomic mass is 10.1.